The highest BCUT2D eigenvalue weighted by Gasteiger charge is 2.25. The number of ether oxygens (including phenoxy) is 2. The van der Waals surface area contributed by atoms with Gasteiger partial charge >= 0.3 is 17.7 Å². The first-order valence-corrected chi connectivity index (χ1v) is 14.4. The average molecular weight is 565 g/mol. The number of nitrogens with two attached hydrogens (primary N) is 1. The summed E-state index contributed by atoms with van der Waals surface area (Å²) in [5.74, 6) is 0.368. The second-order valence-corrected chi connectivity index (χ2v) is 10.4. The van der Waals surface area contributed by atoms with E-state index in [0.29, 0.717) is 55.5 Å². The van der Waals surface area contributed by atoms with Gasteiger partial charge in [-0.2, -0.15) is 15.2 Å². The van der Waals surface area contributed by atoms with Crippen molar-refractivity contribution in [2.45, 2.75) is 71.5 Å². The van der Waals surface area contributed by atoms with Crippen molar-refractivity contribution in [3.63, 3.8) is 0 Å². The van der Waals surface area contributed by atoms with Gasteiger partial charge in [-0.15, -0.1) is 0 Å². The summed E-state index contributed by atoms with van der Waals surface area (Å²) in [5.41, 5.74) is 7.75. The molecule has 3 N–H and O–H groups in total. The van der Waals surface area contributed by atoms with E-state index in [9.17, 15) is 9.59 Å². The van der Waals surface area contributed by atoms with Crippen LogP contribution in [-0.2, 0) is 17.9 Å². The van der Waals surface area contributed by atoms with Crippen molar-refractivity contribution in [3.05, 3.63) is 40.3 Å². The van der Waals surface area contributed by atoms with E-state index in [-0.39, 0.29) is 23.5 Å². The molecule has 1 saturated heterocycles. The summed E-state index contributed by atoms with van der Waals surface area (Å²) in [7, 11) is 0. The van der Waals surface area contributed by atoms with E-state index in [1.807, 2.05) is 18.2 Å². The van der Waals surface area contributed by atoms with Crippen LogP contribution >= 0.6 is 0 Å². The van der Waals surface area contributed by atoms with Crippen LogP contribution in [0.25, 0.3) is 11.2 Å². The lowest BCUT2D eigenvalue weighted by Crippen LogP contribution is -2.45. The highest BCUT2D eigenvalue weighted by molar-refractivity contribution is 5.81. The molecule has 0 atom stereocenters. The molecule has 2 aromatic heterocycles. The Morgan fingerprint density at radius 2 is 2.05 bits per heavy atom. The predicted octanol–water partition coefficient (Wildman–Crippen LogP) is 3.08. The molecular weight excluding hydrogens is 524 g/mol. The monoisotopic (exact) mass is 564 g/mol. The summed E-state index contributed by atoms with van der Waals surface area (Å²) in [6, 6.07) is 10.4. The molecule has 0 radical (unpaired) electrons. The topological polar surface area (TPSA) is 155 Å². The zero-order valence-corrected chi connectivity index (χ0v) is 24.0. The van der Waals surface area contributed by atoms with E-state index in [1.165, 1.54) is 6.92 Å². The Balaban J connectivity index is 1.48. The molecule has 1 aromatic carbocycles. The van der Waals surface area contributed by atoms with Crippen LogP contribution in [0.1, 0.15) is 57.9 Å². The number of piperidine rings is 1. The molecule has 3 heterocycles. The minimum absolute atomic E-state index is 0.175. The van der Waals surface area contributed by atoms with Crippen molar-refractivity contribution >= 4 is 23.0 Å². The number of nitriles is 1. The Morgan fingerprint density at radius 1 is 1.24 bits per heavy atom. The largest absolute Gasteiger partial charge is 0.463 e. The number of anilines is 1. The smallest absolute Gasteiger partial charge is 0.327 e. The number of aromatic nitrogens is 4. The summed E-state index contributed by atoms with van der Waals surface area (Å²) in [4.78, 5) is 40.6. The number of likely N-dealkylation sites (tertiary alicyclic amines) is 1. The number of benzene rings is 1. The highest BCUT2D eigenvalue weighted by atomic mass is 16.5. The number of carbonyl (C=O) groups is 1. The van der Waals surface area contributed by atoms with E-state index >= 15 is 0 Å². The number of carbonyl (C=O) groups excluding carboxylic acids is 1. The maximum absolute atomic E-state index is 12.8. The molecule has 0 unspecified atom stereocenters. The Morgan fingerprint density at radius 3 is 2.78 bits per heavy atom. The number of aryl methyl sites for hydroxylation is 1. The fourth-order valence-electron chi connectivity index (χ4n) is 5.26. The van der Waals surface area contributed by atoms with Crippen LogP contribution in [0.5, 0.6) is 11.8 Å². The zero-order valence-electron chi connectivity index (χ0n) is 24.0. The van der Waals surface area contributed by atoms with E-state index < -0.39 is 0 Å². The zero-order chi connectivity index (χ0) is 29.2. The number of fused-ring (bicyclic) bond motifs is 1. The van der Waals surface area contributed by atoms with E-state index in [4.69, 9.17) is 20.5 Å². The van der Waals surface area contributed by atoms with Crippen LogP contribution < -0.4 is 20.9 Å². The van der Waals surface area contributed by atoms with Crippen molar-refractivity contribution in [3.8, 4) is 17.8 Å². The number of nitrogen functional groups attached to an aromatic ring is 1. The molecular formula is C29H40N8O4. The molecule has 1 aliphatic heterocycles. The second kappa shape index (κ2) is 14.6. The molecule has 0 bridgehead atoms. The third-order valence-electron chi connectivity index (χ3n) is 7.35. The molecule has 12 heteroatoms. The number of nitrogens with zero attached hydrogens (tertiary/aromatic N) is 6. The molecule has 4 rings (SSSR count). The van der Waals surface area contributed by atoms with Crippen molar-refractivity contribution in [2.75, 3.05) is 38.5 Å². The summed E-state index contributed by atoms with van der Waals surface area (Å²) >= 11 is 0. The molecule has 0 spiro atoms. The molecule has 3 aromatic rings. The van der Waals surface area contributed by atoms with Gasteiger partial charge in [0.25, 0.3) is 0 Å². The van der Waals surface area contributed by atoms with Crippen LogP contribution in [-0.4, -0.2) is 74.1 Å². The maximum atomic E-state index is 12.8. The van der Waals surface area contributed by atoms with Crippen LogP contribution in [0.4, 0.5) is 5.82 Å². The number of nitrogens with one attached hydrogen (secondary N) is 1. The Bertz CT molecular complexity index is 1400. The molecule has 220 valence electrons. The fourth-order valence-corrected chi connectivity index (χ4v) is 5.26. The van der Waals surface area contributed by atoms with E-state index in [0.717, 1.165) is 57.4 Å². The van der Waals surface area contributed by atoms with Gasteiger partial charge in [0.1, 0.15) is 11.3 Å². The quantitative estimate of drug-likeness (QED) is 0.169. The van der Waals surface area contributed by atoms with Gasteiger partial charge in [0.2, 0.25) is 0 Å². The number of hydrogen-bond acceptors (Lipinski definition) is 10. The third-order valence-corrected chi connectivity index (χ3v) is 7.35. The first-order valence-electron chi connectivity index (χ1n) is 14.4. The lowest BCUT2D eigenvalue weighted by molar-refractivity contribution is -0.131. The van der Waals surface area contributed by atoms with Crippen LogP contribution in [0.15, 0.2) is 29.1 Å². The van der Waals surface area contributed by atoms with Gasteiger partial charge in [-0.05, 0) is 56.5 Å². The summed E-state index contributed by atoms with van der Waals surface area (Å²) in [5, 5.41) is 8.95. The summed E-state index contributed by atoms with van der Waals surface area (Å²) in [6.45, 7) is 8.52. The Kier molecular flexibility index (Phi) is 10.7. The summed E-state index contributed by atoms with van der Waals surface area (Å²) in [6.07, 6.45) is 5.08. The van der Waals surface area contributed by atoms with Gasteiger partial charge in [0, 0.05) is 45.6 Å². The third kappa shape index (κ3) is 8.28. The highest BCUT2D eigenvalue weighted by Crippen LogP contribution is 2.23. The van der Waals surface area contributed by atoms with Crippen molar-refractivity contribution in [2.24, 2.45) is 0 Å². The van der Waals surface area contributed by atoms with Gasteiger partial charge in [0.15, 0.2) is 11.5 Å². The van der Waals surface area contributed by atoms with Crippen LogP contribution in [0.3, 0.4) is 0 Å². The average Bonchev–Trinajstić information content (AvgIpc) is 3.27. The number of aromatic amines is 1. The van der Waals surface area contributed by atoms with Crippen LogP contribution in [0, 0.1) is 11.3 Å². The fraction of sp³-hybridized carbons (Fsp3) is 0.552. The molecule has 1 fully saturated rings. The molecule has 0 saturated carbocycles. The van der Waals surface area contributed by atoms with Gasteiger partial charge in [-0.3, -0.25) is 14.3 Å². The number of H-pyrrole nitrogens is 1. The SMILES string of the molecule is CCCCOc1nc(N)c2[nH]c(=O)n(CCCN(Cc3cccc(OC(C)=O)c3)C3CCN(CCC#N)CC3)c2n1. The van der Waals surface area contributed by atoms with E-state index in [2.05, 4.69) is 37.7 Å². The molecule has 41 heavy (non-hydrogen) atoms. The standard InChI is InChI=1S/C29H40N8O4/c1-3-4-18-40-28-33-26(31)25-27(34-28)37(29(39)32-25)15-7-14-36(23-10-16-35(17-11-23)13-6-12-30)20-22-8-5-9-24(19-22)41-21(2)38/h5,8-9,19,23H,3-4,6-7,10-11,13-18,20H2,1-2H3,(H,32,39)(H2,31,33,34). The van der Waals surface area contributed by atoms with Gasteiger partial charge in [0.05, 0.1) is 12.7 Å². The van der Waals surface area contributed by atoms with E-state index in [1.54, 1.807) is 10.6 Å². The van der Waals surface area contributed by atoms with Gasteiger partial charge in [-0.25, -0.2) is 4.79 Å². The Labute approximate surface area is 240 Å². The van der Waals surface area contributed by atoms with Crippen molar-refractivity contribution in [1.29, 1.82) is 5.26 Å². The lowest BCUT2D eigenvalue weighted by Gasteiger charge is -2.38. The first kappa shape index (κ1) is 30.0. The summed E-state index contributed by atoms with van der Waals surface area (Å²) < 4.78 is 12.6. The van der Waals surface area contributed by atoms with Crippen LogP contribution in [0.2, 0.25) is 0 Å². The number of unbranched alkanes of at least 4 members (excludes halogenated alkanes) is 1. The number of rotatable bonds is 14. The predicted molar refractivity (Wildman–Crippen MR) is 155 cm³/mol. The van der Waals surface area contributed by atoms with Crippen molar-refractivity contribution < 1.29 is 14.3 Å². The second-order valence-electron chi connectivity index (χ2n) is 10.4. The molecule has 0 amide bonds. The van der Waals surface area contributed by atoms with Gasteiger partial charge < -0.3 is 25.1 Å². The minimum atomic E-state index is -0.351. The molecule has 1 aliphatic rings. The van der Waals surface area contributed by atoms with Crippen molar-refractivity contribution in [1.82, 2.24) is 29.3 Å². The van der Waals surface area contributed by atoms with Gasteiger partial charge in [-0.1, -0.05) is 25.5 Å². The number of hydrogen-bond donors (Lipinski definition) is 2. The number of imidazole rings is 1. The minimum Gasteiger partial charge on any atom is -0.463 e. The Hall–Kier alpha value is -3.95. The normalized spacial score (nSPS) is 14.4. The molecule has 0 aliphatic carbocycles. The molecule has 12 nitrogen and oxygen atoms in total. The lowest BCUT2D eigenvalue weighted by atomic mass is 10.0. The number of esters is 1. The first-order chi connectivity index (χ1) is 19.9. The maximum Gasteiger partial charge on any atom is 0.327 e.